The van der Waals surface area contributed by atoms with Crippen molar-refractivity contribution in [3.63, 3.8) is 0 Å². The van der Waals surface area contributed by atoms with Crippen molar-refractivity contribution in [1.82, 2.24) is 5.32 Å². The van der Waals surface area contributed by atoms with Crippen LogP contribution in [-0.4, -0.2) is 21.3 Å². The summed E-state index contributed by atoms with van der Waals surface area (Å²) in [6.07, 6.45) is 0.808. The zero-order chi connectivity index (χ0) is 12.1. The molecule has 0 saturated carbocycles. The zero-order valence-corrected chi connectivity index (χ0v) is 10.1. The summed E-state index contributed by atoms with van der Waals surface area (Å²) in [6, 6.07) is 3.02. The summed E-state index contributed by atoms with van der Waals surface area (Å²) in [5.74, 6) is 0.682. The molecule has 0 saturated heterocycles. The number of nitrogens with one attached hydrogen (secondary N) is 1. The Hall–Kier alpha value is -1.29. The fourth-order valence-corrected chi connectivity index (χ4v) is 1.72. The summed E-state index contributed by atoms with van der Waals surface area (Å²) in [7, 11) is 4.84. The maximum Gasteiger partial charge on any atom is 0.163 e. The first-order chi connectivity index (χ1) is 7.67. The first-order valence-corrected chi connectivity index (χ1v) is 5.26. The van der Waals surface area contributed by atoms with E-state index in [2.05, 4.69) is 5.32 Å². The van der Waals surface area contributed by atoms with Crippen LogP contribution in [0.5, 0.6) is 11.5 Å². The van der Waals surface area contributed by atoms with E-state index in [-0.39, 0.29) is 11.9 Å². The van der Waals surface area contributed by atoms with E-state index in [0.29, 0.717) is 17.1 Å². The van der Waals surface area contributed by atoms with Crippen molar-refractivity contribution < 1.29 is 13.9 Å². The maximum atomic E-state index is 13.8. The molecule has 1 aromatic rings. The lowest BCUT2D eigenvalue weighted by Crippen LogP contribution is -2.16. The Morgan fingerprint density at radius 2 is 1.81 bits per heavy atom. The highest BCUT2D eigenvalue weighted by atomic mass is 19.1. The fraction of sp³-hybridized carbons (Fsp3) is 0.500. The molecule has 1 atom stereocenters. The molecule has 0 aliphatic carbocycles. The van der Waals surface area contributed by atoms with Crippen molar-refractivity contribution in [1.29, 1.82) is 0 Å². The van der Waals surface area contributed by atoms with Crippen LogP contribution in [0.4, 0.5) is 4.39 Å². The molecule has 0 fully saturated rings. The molecule has 0 aromatic heterocycles. The monoisotopic (exact) mass is 227 g/mol. The maximum absolute atomic E-state index is 13.8. The molecule has 0 spiro atoms. The second-order valence-corrected chi connectivity index (χ2v) is 3.48. The lowest BCUT2D eigenvalue weighted by molar-refractivity contribution is 0.350. The van der Waals surface area contributed by atoms with Crippen LogP contribution < -0.4 is 14.8 Å². The quantitative estimate of drug-likeness (QED) is 0.838. The van der Waals surface area contributed by atoms with Crippen LogP contribution in [0, 0.1) is 5.82 Å². The van der Waals surface area contributed by atoms with Gasteiger partial charge in [-0.15, -0.1) is 0 Å². The van der Waals surface area contributed by atoms with E-state index >= 15 is 0 Å². The molecule has 1 N–H and O–H groups in total. The van der Waals surface area contributed by atoms with Gasteiger partial charge in [-0.25, -0.2) is 4.39 Å². The Labute approximate surface area is 95.6 Å². The predicted octanol–water partition coefficient (Wildman–Crippen LogP) is 2.51. The van der Waals surface area contributed by atoms with Crippen LogP contribution in [0.15, 0.2) is 12.1 Å². The zero-order valence-electron chi connectivity index (χ0n) is 10.1. The number of benzene rings is 1. The molecule has 90 valence electrons. The highest BCUT2D eigenvalue weighted by molar-refractivity contribution is 5.44. The van der Waals surface area contributed by atoms with Crippen molar-refractivity contribution in [3.8, 4) is 11.5 Å². The van der Waals surface area contributed by atoms with Gasteiger partial charge in [0.15, 0.2) is 11.5 Å². The minimum atomic E-state index is -0.279. The molecule has 4 heteroatoms. The van der Waals surface area contributed by atoms with Gasteiger partial charge in [0, 0.05) is 17.7 Å². The lowest BCUT2D eigenvalue weighted by Gasteiger charge is -2.17. The van der Waals surface area contributed by atoms with E-state index in [0.717, 1.165) is 6.42 Å². The summed E-state index contributed by atoms with van der Waals surface area (Å²) < 4.78 is 24.0. The molecule has 0 bridgehead atoms. The van der Waals surface area contributed by atoms with Gasteiger partial charge >= 0.3 is 0 Å². The molecule has 3 nitrogen and oxygen atoms in total. The van der Waals surface area contributed by atoms with Crippen molar-refractivity contribution in [2.75, 3.05) is 21.3 Å². The third kappa shape index (κ3) is 2.44. The Morgan fingerprint density at radius 3 is 2.25 bits per heavy atom. The molecule has 1 rings (SSSR count). The first-order valence-electron chi connectivity index (χ1n) is 5.26. The van der Waals surface area contributed by atoms with Crippen molar-refractivity contribution in [2.45, 2.75) is 19.4 Å². The molecule has 1 unspecified atom stereocenters. The van der Waals surface area contributed by atoms with Crippen molar-refractivity contribution >= 4 is 0 Å². The molecular weight excluding hydrogens is 209 g/mol. The second-order valence-electron chi connectivity index (χ2n) is 3.48. The van der Waals surface area contributed by atoms with Gasteiger partial charge in [-0.1, -0.05) is 6.92 Å². The average molecular weight is 227 g/mol. The van der Waals surface area contributed by atoms with E-state index in [1.165, 1.54) is 13.2 Å². The molecule has 0 aliphatic rings. The minimum Gasteiger partial charge on any atom is -0.493 e. The molecular formula is C12H18FNO2. The van der Waals surface area contributed by atoms with E-state index < -0.39 is 0 Å². The van der Waals surface area contributed by atoms with E-state index in [1.54, 1.807) is 13.2 Å². The van der Waals surface area contributed by atoms with Gasteiger partial charge in [0.05, 0.1) is 14.2 Å². The SMILES string of the molecule is CCC(NC)c1cc(OC)c(OC)cc1F. The molecule has 0 aliphatic heterocycles. The average Bonchev–Trinajstić information content (AvgIpc) is 2.32. The van der Waals surface area contributed by atoms with Gasteiger partial charge in [-0.05, 0) is 19.5 Å². The highest BCUT2D eigenvalue weighted by Crippen LogP contribution is 2.33. The van der Waals surface area contributed by atoms with E-state index in [9.17, 15) is 4.39 Å². The Morgan fingerprint density at radius 1 is 1.25 bits per heavy atom. The van der Waals surface area contributed by atoms with Gasteiger partial charge in [-0.3, -0.25) is 0 Å². The lowest BCUT2D eigenvalue weighted by atomic mass is 10.0. The topological polar surface area (TPSA) is 30.5 Å². The summed E-state index contributed by atoms with van der Waals surface area (Å²) in [5.41, 5.74) is 0.600. The van der Waals surface area contributed by atoms with Gasteiger partial charge in [0.1, 0.15) is 5.82 Å². The van der Waals surface area contributed by atoms with Gasteiger partial charge in [0.25, 0.3) is 0 Å². The number of hydrogen-bond donors (Lipinski definition) is 1. The third-order valence-corrected chi connectivity index (χ3v) is 2.63. The number of rotatable bonds is 5. The molecule has 16 heavy (non-hydrogen) atoms. The second kappa shape index (κ2) is 5.70. The van der Waals surface area contributed by atoms with Gasteiger partial charge in [-0.2, -0.15) is 0 Å². The van der Waals surface area contributed by atoms with Crippen LogP contribution in [0.1, 0.15) is 24.9 Å². The van der Waals surface area contributed by atoms with E-state index in [1.807, 2.05) is 14.0 Å². The predicted molar refractivity (Wildman–Crippen MR) is 61.6 cm³/mol. The molecule has 0 radical (unpaired) electrons. The number of hydrogen-bond acceptors (Lipinski definition) is 3. The van der Waals surface area contributed by atoms with E-state index in [4.69, 9.17) is 9.47 Å². The summed E-state index contributed by atoms with van der Waals surface area (Å²) in [4.78, 5) is 0. The summed E-state index contributed by atoms with van der Waals surface area (Å²) >= 11 is 0. The normalized spacial score (nSPS) is 12.3. The Bertz CT molecular complexity index is 351. The largest absolute Gasteiger partial charge is 0.493 e. The van der Waals surface area contributed by atoms with Gasteiger partial charge in [0.2, 0.25) is 0 Å². The third-order valence-electron chi connectivity index (χ3n) is 2.63. The minimum absolute atomic E-state index is 0.0141. The number of halogens is 1. The highest BCUT2D eigenvalue weighted by Gasteiger charge is 2.16. The fourth-order valence-electron chi connectivity index (χ4n) is 1.72. The van der Waals surface area contributed by atoms with Crippen LogP contribution in [-0.2, 0) is 0 Å². The molecule has 0 heterocycles. The smallest absolute Gasteiger partial charge is 0.163 e. The van der Waals surface area contributed by atoms with Crippen LogP contribution in [0.2, 0.25) is 0 Å². The van der Waals surface area contributed by atoms with Crippen molar-refractivity contribution in [2.24, 2.45) is 0 Å². The number of methoxy groups -OCH3 is 2. The van der Waals surface area contributed by atoms with Crippen molar-refractivity contribution in [3.05, 3.63) is 23.5 Å². The standard InChI is InChI=1S/C12H18FNO2/c1-5-10(14-2)8-6-11(15-3)12(16-4)7-9(8)13/h6-7,10,14H,5H2,1-4H3. The van der Waals surface area contributed by atoms with Crippen LogP contribution >= 0.6 is 0 Å². The van der Waals surface area contributed by atoms with Crippen LogP contribution in [0.3, 0.4) is 0 Å². The van der Waals surface area contributed by atoms with Gasteiger partial charge < -0.3 is 14.8 Å². The summed E-state index contributed by atoms with van der Waals surface area (Å²) in [5, 5.41) is 3.06. The molecule has 1 aromatic carbocycles. The summed E-state index contributed by atoms with van der Waals surface area (Å²) in [6.45, 7) is 2.00. The van der Waals surface area contributed by atoms with Crippen LogP contribution in [0.25, 0.3) is 0 Å². The first kappa shape index (κ1) is 12.8. The molecule has 0 amide bonds. The Balaban J connectivity index is 3.19. The Kier molecular flexibility index (Phi) is 4.55. The number of ether oxygens (including phenoxy) is 2.